The van der Waals surface area contributed by atoms with E-state index in [1.807, 2.05) is 53.3 Å². The van der Waals surface area contributed by atoms with Gasteiger partial charge in [-0.2, -0.15) is 0 Å². The molecule has 0 saturated carbocycles. The van der Waals surface area contributed by atoms with Crippen molar-refractivity contribution in [2.45, 2.75) is 29.0 Å². The third-order valence-corrected chi connectivity index (χ3v) is 10.8. The fourth-order valence-electron chi connectivity index (χ4n) is 5.02. The van der Waals surface area contributed by atoms with Crippen LogP contribution in [0, 0.1) is 0 Å². The maximum atomic E-state index is 13.6. The second kappa shape index (κ2) is 11.1. The number of aromatic amines is 1. The molecule has 2 atom stereocenters. The van der Waals surface area contributed by atoms with Gasteiger partial charge >= 0.3 is 0 Å². The Hall–Kier alpha value is -3.84. The first-order valence-electron chi connectivity index (χ1n) is 13.0. The second-order valence-corrected chi connectivity index (χ2v) is 14.5. The highest BCUT2D eigenvalue weighted by molar-refractivity contribution is 9.10. The molecule has 3 N–H and O–H groups in total. The molecular formula is C30H25BrN4O5S2. The molecular weight excluding hydrogens is 640 g/mol. The second-order valence-electron chi connectivity index (χ2n) is 10.1. The summed E-state index contributed by atoms with van der Waals surface area (Å²) in [5.41, 5.74) is 4.55. The Morgan fingerprint density at radius 1 is 0.929 bits per heavy atom. The first-order valence-corrected chi connectivity index (χ1v) is 16.9. The minimum Gasteiger partial charge on any atom is -0.341 e. The Kier molecular flexibility index (Phi) is 7.48. The molecule has 1 fully saturated rings. The zero-order valence-corrected chi connectivity index (χ0v) is 25.2. The number of carbonyl (C=O) groups is 1. The van der Waals surface area contributed by atoms with E-state index in [0.29, 0.717) is 16.9 Å². The quantitative estimate of drug-likeness (QED) is 0.210. The number of aromatic nitrogens is 2. The van der Waals surface area contributed by atoms with Crippen molar-refractivity contribution in [3.63, 3.8) is 0 Å². The van der Waals surface area contributed by atoms with Crippen LogP contribution >= 0.6 is 15.9 Å². The summed E-state index contributed by atoms with van der Waals surface area (Å²) in [6.07, 6.45) is 0.0961. The molecule has 0 spiro atoms. The maximum Gasteiger partial charge on any atom is 0.242 e. The Labute approximate surface area is 251 Å². The topological polar surface area (TPSA) is 138 Å². The lowest BCUT2D eigenvalue weighted by atomic mass is 10.0. The van der Waals surface area contributed by atoms with E-state index in [9.17, 15) is 21.6 Å². The standard InChI is InChI=1S/C30H25BrN4O5S2/c31-23-12-15-25-26(17-23)33-30(32-25)27(16-19-6-8-22(9-7-19)28-18-29(36)35-42(28,39)40)34-41(37,38)24-13-10-21(11-14-24)20-4-2-1-3-5-20/h1-15,17,27-28,34H,16,18H2,(H,32,33)(H,35,36)/t27-,28?/m0/s1. The molecule has 2 heterocycles. The van der Waals surface area contributed by atoms with E-state index in [4.69, 9.17) is 0 Å². The summed E-state index contributed by atoms with van der Waals surface area (Å²) in [4.78, 5) is 19.7. The lowest BCUT2D eigenvalue weighted by Crippen LogP contribution is -2.31. The van der Waals surface area contributed by atoms with Crippen LogP contribution in [0.25, 0.3) is 22.2 Å². The predicted molar refractivity (Wildman–Crippen MR) is 163 cm³/mol. The highest BCUT2D eigenvalue weighted by atomic mass is 79.9. The summed E-state index contributed by atoms with van der Waals surface area (Å²) in [5, 5.41) is -0.957. The van der Waals surface area contributed by atoms with Crippen LogP contribution in [-0.4, -0.2) is 32.7 Å². The number of rotatable bonds is 8. The number of fused-ring (bicyclic) bond motifs is 1. The molecule has 9 nitrogen and oxygen atoms in total. The van der Waals surface area contributed by atoms with Crippen LogP contribution in [0.1, 0.15) is 34.7 Å². The maximum absolute atomic E-state index is 13.6. The highest BCUT2D eigenvalue weighted by Gasteiger charge is 2.37. The number of nitrogens with zero attached hydrogens (tertiary/aromatic N) is 1. The Morgan fingerprint density at radius 2 is 1.62 bits per heavy atom. The molecule has 6 rings (SSSR count). The fourth-order valence-corrected chi connectivity index (χ4v) is 8.01. The number of imidazole rings is 1. The zero-order valence-electron chi connectivity index (χ0n) is 22.0. The van der Waals surface area contributed by atoms with Crippen molar-refractivity contribution in [3.8, 4) is 11.1 Å². The summed E-state index contributed by atoms with van der Waals surface area (Å²) in [5.74, 6) is -0.100. The molecule has 0 bridgehead atoms. The molecule has 0 aliphatic carbocycles. The van der Waals surface area contributed by atoms with E-state index in [-0.39, 0.29) is 17.7 Å². The van der Waals surface area contributed by atoms with Crippen molar-refractivity contribution < 1.29 is 21.6 Å². The predicted octanol–water partition coefficient (Wildman–Crippen LogP) is 5.15. The molecule has 1 aliphatic rings. The van der Waals surface area contributed by atoms with Gasteiger partial charge < -0.3 is 4.98 Å². The van der Waals surface area contributed by atoms with Crippen LogP contribution < -0.4 is 9.44 Å². The molecule has 1 saturated heterocycles. The van der Waals surface area contributed by atoms with Crippen molar-refractivity contribution >= 4 is 52.9 Å². The SMILES string of the molecule is O=C1CC(c2ccc(C[C@H](NS(=O)(=O)c3ccc(-c4ccccc4)cc3)c3nc4ccc(Br)cc4[nH]3)cc2)S(=O)(=O)N1. The van der Waals surface area contributed by atoms with E-state index in [1.165, 1.54) is 0 Å². The normalized spacial score (nSPS) is 17.3. The number of carbonyl (C=O) groups excluding carboxylic acids is 1. The van der Waals surface area contributed by atoms with Gasteiger partial charge in [-0.3, -0.25) is 9.52 Å². The zero-order chi connectivity index (χ0) is 29.5. The summed E-state index contributed by atoms with van der Waals surface area (Å²) < 4.78 is 57.5. The van der Waals surface area contributed by atoms with Gasteiger partial charge in [0, 0.05) is 4.47 Å². The average molecular weight is 666 g/mol. The van der Waals surface area contributed by atoms with E-state index >= 15 is 0 Å². The number of H-pyrrole nitrogens is 1. The lowest BCUT2D eigenvalue weighted by Gasteiger charge is -2.18. The van der Waals surface area contributed by atoms with Crippen LogP contribution in [-0.2, 0) is 31.3 Å². The fraction of sp³-hybridized carbons (Fsp3) is 0.133. The monoisotopic (exact) mass is 664 g/mol. The Bertz CT molecular complexity index is 1990. The number of nitrogens with one attached hydrogen (secondary N) is 3. The summed E-state index contributed by atoms with van der Waals surface area (Å²) in [6, 6.07) is 28.0. The number of halogens is 1. The first-order chi connectivity index (χ1) is 20.1. The highest BCUT2D eigenvalue weighted by Crippen LogP contribution is 2.31. The van der Waals surface area contributed by atoms with Crippen LogP contribution in [0.15, 0.2) is 106 Å². The third kappa shape index (κ3) is 5.88. The molecule has 1 amide bonds. The van der Waals surface area contributed by atoms with Crippen molar-refractivity contribution in [2.75, 3.05) is 0 Å². The first kappa shape index (κ1) is 28.3. The molecule has 214 valence electrons. The van der Waals surface area contributed by atoms with Crippen molar-refractivity contribution in [2.24, 2.45) is 0 Å². The molecule has 1 aromatic heterocycles. The van der Waals surface area contributed by atoms with Gasteiger partial charge in [0.25, 0.3) is 0 Å². The summed E-state index contributed by atoms with van der Waals surface area (Å²) >= 11 is 3.45. The number of benzene rings is 4. The molecule has 0 radical (unpaired) electrons. The summed E-state index contributed by atoms with van der Waals surface area (Å²) in [7, 11) is -7.73. The van der Waals surface area contributed by atoms with Gasteiger partial charge in [0.05, 0.1) is 28.4 Å². The smallest absolute Gasteiger partial charge is 0.242 e. The minimum atomic E-state index is -3.96. The average Bonchev–Trinajstić information content (AvgIpc) is 3.52. The van der Waals surface area contributed by atoms with Crippen molar-refractivity contribution in [1.29, 1.82) is 0 Å². The Morgan fingerprint density at radius 3 is 2.29 bits per heavy atom. The Balaban J connectivity index is 1.30. The number of hydrogen-bond donors (Lipinski definition) is 3. The molecule has 4 aromatic carbocycles. The third-order valence-electron chi connectivity index (χ3n) is 7.15. The van der Waals surface area contributed by atoms with Crippen LogP contribution in [0.5, 0.6) is 0 Å². The number of amides is 1. The molecule has 12 heteroatoms. The van der Waals surface area contributed by atoms with Gasteiger partial charge in [0.15, 0.2) is 0 Å². The van der Waals surface area contributed by atoms with Gasteiger partial charge in [-0.1, -0.05) is 82.7 Å². The van der Waals surface area contributed by atoms with Crippen molar-refractivity contribution in [3.05, 3.63) is 118 Å². The van der Waals surface area contributed by atoms with Crippen LogP contribution in [0.2, 0.25) is 0 Å². The van der Waals surface area contributed by atoms with Crippen LogP contribution in [0.3, 0.4) is 0 Å². The van der Waals surface area contributed by atoms with Gasteiger partial charge in [0.2, 0.25) is 26.0 Å². The number of sulfonamides is 2. The van der Waals surface area contributed by atoms with E-state index in [0.717, 1.165) is 26.7 Å². The summed E-state index contributed by atoms with van der Waals surface area (Å²) in [6.45, 7) is 0. The van der Waals surface area contributed by atoms with E-state index < -0.39 is 37.2 Å². The van der Waals surface area contributed by atoms with Crippen LogP contribution in [0.4, 0.5) is 0 Å². The van der Waals surface area contributed by atoms with Gasteiger partial charge in [-0.15, -0.1) is 0 Å². The van der Waals surface area contributed by atoms with E-state index in [2.05, 4.69) is 30.6 Å². The lowest BCUT2D eigenvalue weighted by molar-refractivity contribution is -0.118. The van der Waals surface area contributed by atoms with Gasteiger partial charge in [0.1, 0.15) is 11.1 Å². The van der Waals surface area contributed by atoms with E-state index in [1.54, 1.807) is 48.5 Å². The molecule has 5 aromatic rings. The molecule has 42 heavy (non-hydrogen) atoms. The van der Waals surface area contributed by atoms with Crippen molar-refractivity contribution in [1.82, 2.24) is 19.4 Å². The molecule has 1 aliphatic heterocycles. The van der Waals surface area contributed by atoms with Gasteiger partial charge in [-0.05, 0) is 59.0 Å². The largest absolute Gasteiger partial charge is 0.341 e. The molecule has 1 unspecified atom stereocenters. The number of hydrogen-bond acceptors (Lipinski definition) is 6. The minimum absolute atomic E-state index is 0.116. The van der Waals surface area contributed by atoms with Gasteiger partial charge in [-0.25, -0.2) is 26.5 Å².